The van der Waals surface area contributed by atoms with Gasteiger partial charge in [-0.1, -0.05) is 36.7 Å². The molecule has 2 saturated heterocycles. The Balaban J connectivity index is 1.02. The van der Waals surface area contributed by atoms with E-state index >= 15 is 0 Å². The predicted octanol–water partition coefficient (Wildman–Crippen LogP) is 6.26. The third-order valence-electron chi connectivity index (χ3n) is 14.0. The van der Waals surface area contributed by atoms with Crippen molar-refractivity contribution in [2.45, 2.75) is 69.6 Å². The van der Waals surface area contributed by atoms with Crippen molar-refractivity contribution in [1.29, 1.82) is 0 Å². The number of methoxy groups -OCH3 is 1. The van der Waals surface area contributed by atoms with Gasteiger partial charge in [-0.15, -0.1) is 4.36 Å². The summed E-state index contributed by atoms with van der Waals surface area (Å²) in [5, 5.41) is 0.743. The van der Waals surface area contributed by atoms with E-state index in [9.17, 15) is 13.8 Å². The minimum Gasteiger partial charge on any atom is -0.490 e. The van der Waals surface area contributed by atoms with Crippen LogP contribution >= 0.6 is 11.6 Å². The van der Waals surface area contributed by atoms with Gasteiger partial charge in [0.25, 0.3) is 11.8 Å². The molecule has 1 spiro atoms. The van der Waals surface area contributed by atoms with E-state index in [1.165, 1.54) is 11.1 Å². The first-order chi connectivity index (χ1) is 29.0. The molecule has 3 aromatic rings. The number of fused-ring (bicyclic) bond motifs is 5. The molecule has 322 valence electrons. The van der Waals surface area contributed by atoms with E-state index in [-0.39, 0.29) is 23.2 Å². The highest BCUT2D eigenvalue weighted by Gasteiger charge is 2.44. The molecular weight excluding hydrogens is 800 g/mol. The lowest BCUT2D eigenvalue weighted by atomic mass is 9.68. The molecule has 4 aliphatic heterocycles. The molecule has 5 heterocycles. The van der Waals surface area contributed by atoms with Crippen molar-refractivity contribution in [2.75, 3.05) is 76.9 Å². The molecule has 6 aliphatic rings. The van der Waals surface area contributed by atoms with Crippen LogP contribution in [0, 0.1) is 17.8 Å². The summed E-state index contributed by atoms with van der Waals surface area (Å²) in [6.45, 7) is 9.98. The number of ether oxygens (including phenoxy) is 3. The van der Waals surface area contributed by atoms with Gasteiger partial charge in [0.15, 0.2) is 0 Å². The summed E-state index contributed by atoms with van der Waals surface area (Å²) in [6.07, 6.45) is 11.7. The summed E-state index contributed by atoms with van der Waals surface area (Å²) in [5.74, 6) is 0.142. The summed E-state index contributed by atoms with van der Waals surface area (Å²) in [7, 11) is 0.135. The second kappa shape index (κ2) is 17.2. The van der Waals surface area contributed by atoms with E-state index in [0.717, 1.165) is 94.4 Å². The SMILES string of the molecule is CO[C@H]1/C=C/C[C@H](C)C[S@@](=O)(NC(=O)c2cc(CN3CCN4CCOC[C@@H]4C3)n(C)c2)=NC(=O)c2ccc3c(c2)N(C[C@@H]2CC[C@H]21)C[C@@]1(CCCc2cc(Cl)ccc21)CO3. The second-order valence-electron chi connectivity index (χ2n) is 18.2. The first-order valence-corrected chi connectivity index (χ1v) is 23.8. The van der Waals surface area contributed by atoms with Crippen molar-refractivity contribution >= 4 is 39.0 Å². The van der Waals surface area contributed by atoms with Crippen molar-refractivity contribution in [1.82, 2.24) is 19.1 Å². The van der Waals surface area contributed by atoms with Crippen molar-refractivity contribution in [2.24, 2.45) is 29.2 Å². The van der Waals surface area contributed by atoms with Crippen molar-refractivity contribution in [3.05, 3.63) is 93.8 Å². The molecule has 2 aromatic carbocycles. The largest absolute Gasteiger partial charge is 0.490 e. The van der Waals surface area contributed by atoms with Gasteiger partial charge in [-0.3, -0.25) is 24.1 Å². The van der Waals surface area contributed by atoms with Gasteiger partial charge in [-0.05, 0) is 104 Å². The number of anilines is 1. The molecule has 2 bridgehead atoms. The molecule has 60 heavy (non-hydrogen) atoms. The second-order valence-corrected chi connectivity index (χ2v) is 20.7. The molecule has 7 atom stereocenters. The Hall–Kier alpha value is -3.72. The van der Waals surface area contributed by atoms with Gasteiger partial charge in [0.2, 0.25) is 0 Å². The number of halogens is 1. The Kier molecular flexibility index (Phi) is 11.9. The van der Waals surface area contributed by atoms with E-state index in [2.05, 4.69) is 48.1 Å². The number of carbonyl (C=O) groups excluding carboxylic acids is 2. The minimum atomic E-state index is -3.57. The van der Waals surface area contributed by atoms with Gasteiger partial charge in [0, 0.05) is 93.9 Å². The fourth-order valence-electron chi connectivity index (χ4n) is 10.6. The number of nitrogens with zero attached hydrogens (tertiary/aromatic N) is 5. The van der Waals surface area contributed by atoms with E-state index < -0.39 is 21.7 Å². The molecule has 2 amide bonds. The number of carbonyl (C=O) groups is 2. The lowest BCUT2D eigenvalue weighted by Gasteiger charge is -2.46. The van der Waals surface area contributed by atoms with Crippen molar-refractivity contribution in [3.63, 3.8) is 0 Å². The molecular formula is C46H59ClN6O6S. The van der Waals surface area contributed by atoms with Crippen LogP contribution in [-0.4, -0.2) is 114 Å². The molecule has 3 fully saturated rings. The maximum atomic E-state index is 14.9. The van der Waals surface area contributed by atoms with Crippen LogP contribution in [0.3, 0.4) is 0 Å². The summed E-state index contributed by atoms with van der Waals surface area (Å²) >= 11 is 6.50. The third-order valence-corrected chi connectivity index (χ3v) is 16.3. The van der Waals surface area contributed by atoms with Crippen LogP contribution < -0.4 is 14.4 Å². The number of aryl methyl sites for hydroxylation is 2. The number of morpholine rings is 1. The van der Waals surface area contributed by atoms with E-state index in [1.54, 1.807) is 19.4 Å². The van der Waals surface area contributed by atoms with E-state index in [0.29, 0.717) is 60.9 Å². The van der Waals surface area contributed by atoms with E-state index in [1.807, 2.05) is 42.8 Å². The van der Waals surface area contributed by atoms with Gasteiger partial charge in [-0.25, -0.2) is 4.21 Å². The van der Waals surface area contributed by atoms with Crippen molar-refractivity contribution < 1.29 is 28.0 Å². The molecule has 1 N–H and O–H groups in total. The quantitative estimate of drug-likeness (QED) is 0.297. The number of hydrogen-bond donors (Lipinski definition) is 1. The number of nitrogens with one attached hydrogen (secondary N) is 1. The highest BCUT2D eigenvalue weighted by atomic mass is 35.5. The number of rotatable bonds is 5. The zero-order valence-electron chi connectivity index (χ0n) is 35.2. The lowest BCUT2D eigenvalue weighted by molar-refractivity contribution is -0.0464. The summed E-state index contributed by atoms with van der Waals surface area (Å²) < 4.78 is 42.6. The first kappa shape index (κ1) is 41.6. The van der Waals surface area contributed by atoms with Crippen LogP contribution in [0.25, 0.3) is 0 Å². The number of piperazine rings is 1. The normalized spacial score (nSPS) is 31.7. The van der Waals surface area contributed by atoms with Gasteiger partial charge in [-0.2, -0.15) is 0 Å². The molecule has 1 saturated carbocycles. The van der Waals surface area contributed by atoms with Gasteiger partial charge >= 0.3 is 0 Å². The third kappa shape index (κ3) is 8.55. The molecule has 14 heteroatoms. The highest BCUT2D eigenvalue weighted by molar-refractivity contribution is 7.92. The van der Waals surface area contributed by atoms with E-state index in [4.69, 9.17) is 25.8 Å². The fraction of sp³-hybridized carbons (Fsp3) is 0.565. The van der Waals surface area contributed by atoms with Crippen LogP contribution in [0.15, 0.2) is 65.2 Å². The maximum absolute atomic E-state index is 14.9. The maximum Gasteiger partial charge on any atom is 0.286 e. The van der Waals surface area contributed by atoms with Crippen LogP contribution in [0.2, 0.25) is 5.02 Å². The Bertz CT molecular complexity index is 2270. The number of amides is 2. The Labute approximate surface area is 359 Å². The molecule has 2 aliphatic carbocycles. The summed E-state index contributed by atoms with van der Waals surface area (Å²) in [4.78, 5) is 35.6. The van der Waals surface area contributed by atoms with Crippen LogP contribution in [0.4, 0.5) is 5.69 Å². The smallest absolute Gasteiger partial charge is 0.286 e. The Morgan fingerprint density at radius 3 is 2.83 bits per heavy atom. The topological polar surface area (TPSA) is 118 Å². The van der Waals surface area contributed by atoms with Crippen LogP contribution in [0.1, 0.15) is 76.6 Å². The standard InChI is InChI=1S/C46H59ClN6O6S/c1-31-6-4-8-42(57-3)39-12-9-34(39)24-53-29-46(15-5-7-32-20-36(47)11-13-40(32)46)30-59-43-14-10-33(22-41(43)53)44(54)48-60(56,28-31)49-45(55)35-21-37(50(2)23-35)25-51-16-17-52-18-19-58-27-38(52)26-51/h4,8,10-11,13-14,20-23,31,34,38-39,42H,5-7,9,12,15-19,24-30H2,1-3H3,(H,48,49,54,55,56)/b8-4+/t31-,34-,38-,39+,42-,46-,60-/m0/s1. The fourth-order valence-corrected chi connectivity index (χ4v) is 12.7. The van der Waals surface area contributed by atoms with Gasteiger partial charge in [0.1, 0.15) is 15.7 Å². The average Bonchev–Trinajstić information content (AvgIpc) is 3.51. The Morgan fingerprint density at radius 2 is 2.00 bits per heavy atom. The van der Waals surface area contributed by atoms with Crippen LogP contribution in [-0.2, 0) is 44.8 Å². The van der Waals surface area contributed by atoms with Crippen molar-refractivity contribution in [3.8, 4) is 5.75 Å². The van der Waals surface area contributed by atoms with Gasteiger partial charge < -0.3 is 23.7 Å². The lowest BCUT2D eigenvalue weighted by Crippen LogP contribution is -2.57. The summed E-state index contributed by atoms with van der Waals surface area (Å²) in [5.41, 5.74) is 4.77. The first-order valence-electron chi connectivity index (χ1n) is 21.8. The molecule has 1 aromatic heterocycles. The number of hydrogen-bond acceptors (Lipinski definition) is 9. The monoisotopic (exact) mass is 858 g/mol. The summed E-state index contributed by atoms with van der Waals surface area (Å²) in [6, 6.07) is 13.9. The molecule has 0 radical (unpaired) electrons. The number of allylic oxidation sites excluding steroid dienone is 1. The predicted molar refractivity (Wildman–Crippen MR) is 234 cm³/mol. The molecule has 0 unspecified atom stereocenters. The number of benzene rings is 2. The van der Waals surface area contributed by atoms with Crippen LogP contribution in [0.5, 0.6) is 5.75 Å². The highest BCUT2D eigenvalue weighted by Crippen LogP contribution is 2.47. The zero-order valence-corrected chi connectivity index (χ0v) is 36.7. The number of aromatic nitrogens is 1. The minimum absolute atomic E-state index is 0.0120. The van der Waals surface area contributed by atoms with Gasteiger partial charge in [0.05, 0.1) is 42.9 Å². The average molecular weight is 860 g/mol. The molecule has 9 rings (SSSR count). The zero-order chi connectivity index (χ0) is 41.6. The molecule has 12 nitrogen and oxygen atoms in total. The Morgan fingerprint density at radius 1 is 1.12 bits per heavy atom.